The Hall–Kier alpha value is -1.10. The Balaban J connectivity index is 0.00000180. The first kappa shape index (κ1) is 16.0. The molecule has 1 fully saturated rings. The van der Waals surface area contributed by atoms with Gasteiger partial charge in [-0.1, -0.05) is 12.1 Å². The maximum absolute atomic E-state index is 11.9. The van der Waals surface area contributed by atoms with Gasteiger partial charge in [-0.2, -0.15) is 0 Å². The lowest BCUT2D eigenvalue weighted by molar-refractivity contribution is -0.117. The lowest BCUT2D eigenvalue weighted by atomic mass is 10.1. The molecular weight excluding hydrogens is 262 g/mol. The summed E-state index contributed by atoms with van der Waals surface area (Å²) in [4.78, 5) is 14.0. The summed E-state index contributed by atoms with van der Waals surface area (Å²) in [6.45, 7) is 6.24. The van der Waals surface area contributed by atoms with E-state index >= 15 is 0 Å². The van der Waals surface area contributed by atoms with Crippen molar-refractivity contribution in [1.82, 2.24) is 4.90 Å². The van der Waals surface area contributed by atoms with Crippen LogP contribution in [0.25, 0.3) is 0 Å². The van der Waals surface area contributed by atoms with Crippen molar-refractivity contribution in [2.75, 3.05) is 25.0 Å². The third-order valence-corrected chi connectivity index (χ3v) is 3.55. The Morgan fingerprint density at radius 3 is 2.84 bits per heavy atom. The van der Waals surface area contributed by atoms with Crippen LogP contribution in [0, 0.1) is 13.8 Å². The average Bonchev–Trinajstić information content (AvgIpc) is 2.70. The predicted molar refractivity (Wildman–Crippen MR) is 80.8 cm³/mol. The first-order chi connectivity index (χ1) is 8.56. The van der Waals surface area contributed by atoms with Gasteiger partial charge in [0.15, 0.2) is 0 Å². The monoisotopic (exact) mass is 283 g/mol. The zero-order valence-electron chi connectivity index (χ0n) is 11.5. The van der Waals surface area contributed by atoms with Gasteiger partial charge in [0, 0.05) is 24.8 Å². The highest BCUT2D eigenvalue weighted by Gasteiger charge is 2.21. The number of carbonyl (C=O) groups excluding carboxylic acids is 1. The van der Waals surface area contributed by atoms with Crippen LogP contribution in [0.2, 0.25) is 0 Å². The highest BCUT2D eigenvalue weighted by atomic mass is 35.5. The highest BCUT2D eigenvalue weighted by Crippen LogP contribution is 2.18. The number of hydrogen-bond donors (Lipinski definition) is 2. The molecule has 0 unspecified atom stereocenters. The van der Waals surface area contributed by atoms with Gasteiger partial charge in [-0.25, -0.2) is 0 Å². The number of rotatable bonds is 3. The average molecular weight is 284 g/mol. The van der Waals surface area contributed by atoms with Gasteiger partial charge in [0.25, 0.3) is 0 Å². The molecule has 5 heteroatoms. The van der Waals surface area contributed by atoms with Crippen LogP contribution < -0.4 is 11.1 Å². The van der Waals surface area contributed by atoms with Crippen LogP contribution in [0.1, 0.15) is 17.5 Å². The lowest BCUT2D eigenvalue weighted by Crippen LogP contribution is -2.33. The largest absolute Gasteiger partial charge is 0.326 e. The van der Waals surface area contributed by atoms with E-state index in [1.807, 2.05) is 32.0 Å². The van der Waals surface area contributed by atoms with Crippen molar-refractivity contribution in [3.8, 4) is 0 Å². The van der Waals surface area contributed by atoms with Crippen molar-refractivity contribution < 1.29 is 4.79 Å². The molecule has 0 spiro atoms. The quantitative estimate of drug-likeness (QED) is 0.888. The van der Waals surface area contributed by atoms with Crippen LogP contribution in [0.15, 0.2) is 18.2 Å². The maximum atomic E-state index is 11.9. The molecule has 0 aliphatic carbocycles. The normalized spacial score (nSPS) is 19.0. The highest BCUT2D eigenvalue weighted by molar-refractivity contribution is 5.93. The van der Waals surface area contributed by atoms with E-state index in [2.05, 4.69) is 10.2 Å². The van der Waals surface area contributed by atoms with Crippen molar-refractivity contribution in [3.63, 3.8) is 0 Å². The van der Waals surface area contributed by atoms with Gasteiger partial charge in [-0.05, 0) is 37.5 Å². The fourth-order valence-electron chi connectivity index (χ4n) is 2.29. The number of amides is 1. The Morgan fingerprint density at radius 2 is 2.21 bits per heavy atom. The Kier molecular flexibility index (Phi) is 5.79. The minimum Gasteiger partial charge on any atom is -0.326 e. The second kappa shape index (κ2) is 6.89. The molecule has 0 bridgehead atoms. The molecule has 4 nitrogen and oxygen atoms in total. The Morgan fingerprint density at radius 1 is 1.47 bits per heavy atom. The first-order valence-corrected chi connectivity index (χ1v) is 6.40. The van der Waals surface area contributed by atoms with Crippen LogP contribution in [-0.4, -0.2) is 36.5 Å². The Labute approximate surface area is 120 Å². The number of benzene rings is 1. The zero-order chi connectivity index (χ0) is 13.1. The first-order valence-electron chi connectivity index (χ1n) is 6.40. The summed E-state index contributed by atoms with van der Waals surface area (Å²) in [5.41, 5.74) is 9.05. The number of nitrogens with one attached hydrogen (secondary N) is 1. The molecule has 1 amide bonds. The molecule has 0 radical (unpaired) electrons. The van der Waals surface area contributed by atoms with Crippen LogP contribution in [-0.2, 0) is 4.79 Å². The third-order valence-electron chi connectivity index (χ3n) is 3.55. The van der Waals surface area contributed by atoms with Crippen LogP contribution in [0.5, 0.6) is 0 Å². The number of likely N-dealkylation sites (tertiary alicyclic amines) is 1. The fourth-order valence-corrected chi connectivity index (χ4v) is 2.29. The SMILES string of the molecule is Cc1cccc(NC(=O)CN2CC[C@@H](N)C2)c1C.Cl. The predicted octanol–water partition coefficient (Wildman–Crippen LogP) is 1.70. The van der Waals surface area contributed by atoms with E-state index in [1.165, 1.54) is 5.56 Å². The van der Waals surface area contributed by atoms with Gasteiger partial charge in [-0.15, -0.1) is 12.4 Å². The molecule has 1 aliphatic heterocycles. The van der Waals surface area contributed by atoms with E-state index in [9.17, 15) is 4.79 Å². The van der Waals surface area contributed by atoms with E-state index in [0.29, 0.717) is 6.54 Å². The molecule has 0 saturated carbocycles. The molecule has 1 aromatic carbocycles. The summed E-state index contributed by atoms with van der Waals surface area (Å²) in [5.74, 6) is 0.0396. The molecular formula is C14H22ClN3O. The topological polar surface area (TPSA) is 58.4 Å². The molecule has 0 aromatic heterocycles. The van der Waals surface area contributed by atoms with Gasteiger partial charge in [0.05, 0.1) is 6.54 Å². The molecule has 1 saturated heterocycles. The number of carbonyl (C=O) groups is 1. The number of nitrogens with two attached hydrogens (primary N) is 1. The summed E-state index contributed by atoms with van der Waals surface area (Å²) in [6.07, 6.45) is 0.983. The summed E-state index contributed by atoms with van der Waals surface area (Å²) in [5, 5.41) is 2.97. The molecule has 2 rings (SSSR count). The van der Waals surface area contributed by atoms with Crippen LogP contribution in [0.4, 0.5) is 5.69 Å². The van der Waals surface area contributed by atoms with Crippen molar-refractivity contribution in [2.24, 2.45) is 5.73 Å². The van der Waals surface area contributed by atoms with Gasteiger partial charge in [-0.3, -0.25) is 9.69 Å². The second-order valence-electron chi connectivity index (χ2n) is 5.08. The van der Waals surface area contributed by atoms with Crippen molar-refractivity contribution in [3.05, 3.63) is 29.3 Å². The molecule has 1 heterocycles. The lowest BCUT2D eigenvalue weighted by Gasteiger charge is -2.16. The molecule has 1 aromatic rings. The van der Waals surface area contributed by atoms with Crippen LogP contribution in [0.3, 0.4) is 0 Å². The molecule has 1 aliphatic rings. The molecule has 1 atom stereocenters. The van der Waals surface area contributed by atoms with Crippen molar-refractivity contribution >= 4 is 24.0 Å². The smallest absolute Gasteiger partial charge is 0.238 e. The minimum absolute atomic E-state index is 0. The summed E-state index contributed by atoms with van der Waals surface area (Å²) in [6, 6.07) is 6.17. The van der Waals surface area contributed by atoms with E-state index in [0.717, 1.165) is 30.8 Å². The number of anilines is 1. The number of halogens is 1. The molecule has 106 valence electrons. The number of aryl methyl sites for hydroxylation is 1. The number of hydrogen-bond acceptors (Lipinski definition) is 3. The minimum atomic E-state index is 0. The van der Waals surface area contributed by atoms with E-state index in [4.69, 9.17) is 5.73 Å². The Bertz CT molecular complexity index is 450. The molecule has 19 heavy (non-hydrogen) atoms. The van der Waals surface area contributed by atoms with Gasteiger partial charge >= 0.3 is 0 Å². The zero-order valence-corrected chi connectivity index (χ0v) is 12.3. The standard InChI is InChI=1S/C14H21N3O.ClH/c1-10-4-3-5-13(11(10)2)16-14(18)9-17-7-6-12(15)8-17;/h3-5,12H,6-9,15H2,1-2H3,(H,16,18);1H/t12-;/m1./s1. The summed E-state index contributed by atoms with van der Waals surface area (Å²) in [7, 11) is 0. The maximum Gasteiger partial charge on any atom is 0.238 e. The van der Waals surface area contributed by atoms with Gasteiger partial charge in [0.2, 0.25) is 5.91 Å². The number of nitrogens with zero attached hydrogens (tertiary/aromatic N) is 1. The van der Waals surface area contributed by atoms with Crippen LogP contribution >= 0.6 is 12.4 Å². The van der Waals surface area contributed by atoms with Gasteiger partial charge in [0.1, 0.15) is 0 Å². The fraction of sp³-hybridized carbons (Fsp3) is 0.500. The van der Waals surface area contributed by atoms with E-state index < -0.39 is 0 Å². The third kappa shape index (κ3) is 4.20. The summed E-state index contributed by atoms with van der Waals surface area (Å²) >= 11 is 0. The van der Waals surface area contributed by atoms with Crippen molar-refractivity contribution in [2.45, 2.75) is 26.3 Å². The molecule has 3 N–H and O–H groups in total. The van der Waals surface area contributed by atoms with E-state index in [1.54, 1.807) is 0 Å². The van der Waals surface area contributed by atoms with Gasteiger partial charge < -0.3 is 11.1 Å². The second-order valence-corrected chi connectivity index (χ2v) is 5.08. The van der Waals surface area contributed by atoms with E-state index in [-0.39, 0.29) is 24.4 Å². The summed E-state index contributed by atoms with van der Waals surface area (Å²) < 4.78 is 0. The van der Waals surface area contributed by atoms with Crippen molar-refractivity contribution in [1.29, 1.82) is 0 Å².